The fraction of sp³-hybridized carbons (Fsp3) is 0.105. The molecule has 0 aliphatic rings. The van der Waals surface area contributed by atoms with Crippen LogP contribution < -0.4 is 5.32 Å². The zero-order valence-electron chi connectivity index (χ0n) is 13.8. The van der Waals surface area contributed by atoms with Crippen LogP contribution in [0.2, 0.25) is 5.02 Å². The number of thiocarbonyl (C=S) groups is 1. The fourth-order valence-corrected chi connectivity index (χ4v) is 3.02. The first-order valence-electron chi connectivity index (χ1n) is 7.92. The van der Waals surface area contributed by atoms with Crippen molar-refractivity contribution in [2.75, 3.05) is 5.32 Å². The Balaban J connectivity index is 1.78. The van der Waals surface area contributed by atoms with Crippen LogP contribution in [0.4, 0.5) is 5.69 Å². The third-order valence-corrected chi connectivity index (χ3v) is 5.21. The Labute approximate surface area is 171 Å². The summed E-state index contributed by atoms with van der Waals surface area (Å²) in [5.74, 6) is 0. The van der Waals surface area contributed by atoms with Crippen molar-refractivity contribution in [3.05, 3.63) is 87.9 Å². The zero-order chi connectivity index (χ0) is 18.4. The molecule has 3 aromatic rings. The standard InChI is InChI=1S/C19H16BrClN4S/c20-17-8-7-14(11-18(17)21)24-19(26)25(12-15-5-1-3-9-22-15)13-16-6-2-4-10-23-16/h1-11H,12-13H2,(H,24,26). The maximum Gasteiger partial charge on any atom is 0.174 e. The molecule has 0 fully saturated rings. The lowest BCUT2D eigenvalue weighted by atomic mass is 10.3. The fourth-order valence-electron chi connectivity index (χ4n) is 2.35. The highest BCUT2D eigenvalue weighted by Gasteiger charge is 2.13. The molecule has 7 heteroatoms. The number of hydrogen-bond donors (Lipinski definition) is 1. The Morgan fingerprint density at radius 3 is 2.12 bits per heavy atom. The first-order valence-corrected chi connectivity index (χ1v) is 9.50. The van der Waals surface area contributed by atoms with Crippen molar-refractivity contribution in [3.8, 4) is 0 Å². The smallest absolute Gasteiger partial charge is 0.174 e. The van der Waals surface area contributed by atoms with Gasteiger partial charge in [-0.1, -0.05) is 23.7 Å². The molecule has 0 aliphatic heterocycles. The van der Waals surface area contributed by atoms with Crippen molar-refractivity contribution in [1.82, 2.24) is 14.9 Å². The van der Waals surface area contributed by atoms with Gasteiger partial charge in [0.05, 0.1) is 29.5 Å². The summed E-state index contributed by atoms with van der Waals surface area (Å²) in [4.78, 5) is 10.8. The summed E-state index contributed by atoms with van der Waals surface area (Å²) in [6.07, 6.45) is 3.55. The molecule has 0 amide bonds. The number of hydrogen-bond acceptors (Lipinski definition) is 3. The SMILES string of the molecule is S=C(Nc1ccc(Br)c(Cl)c1)N(Cc1ccccn1)Cc1ccccn1. The van der Waals surface area contributed by atoms with E-state index in [0.29, 0.717) is 23.2 Å². The first kappa shape index (κ1) is 18.8. The molecule has 0 saturated heterocycles. The van der Waals surface area contributed by atoms with Crippen molar-refractivity contribution in [2.24, 2.45) is 0 Å². The second kappa shape index (κ2) is 9.07. The molecule has 0 bridgehead atoms. The summed E-state index contributed by atoms with van der Waals surface area (Å²) < 4.78 is 0.842. The molecule has 1 aromatic carbocycles. The van der Waals surface area contributed by atoms with Gasteiger partial charge in [-0.2, -0.15) is 0 Å². The van der Waals surface area contributed by atoms with Crippen LogP contribution in [0, 0.1) is 0 Å². The highest BCUT2D eigenvalue weighted by atomic mass is 79.9. The van der Waals surface area contributed by atoms with Crippen LogP contribution in [-0.4, -0.2) is 20.0 Å². The molecule has 0 radical (unpaired) electrons. The molecule has 2 aromatic heterocycles. The lowest BCUT2D eigenvalue weighted by Gasteiger charge is -2.25. The maximum atomic E-state index is 6.17. The minimum atomic E-state index is 0.577. The van der Waals surface area contributed by atoms with E-state index in [2.05, 4.69) is 31.2 Å². The molecule has 132 valence electrons. The van der Waals surface area contributed by atoms with Gasteiger partial charge in [0.15, 0.2) is 5.11 Å². The number of halogens is 2. The van der Waals surface area contributed by atoms with Crippen LogP contribution in [-0.2, 0) is 13.1 Å². The number of anilines is 1. The number of rotatable bonds is 5. The van der Waals surface area contributed by atoms with Crippen LogP contribution in [0.15, 0.2) is 71.5 Å². The summed E-state index contributed by atoms with van der Waals surface area (Å²) in [7, 11) is 0. The third-order valence-electron chi connectivity index (χ3n) is 3.62. The zero-order valence-corrected chi connectivity index (χ0v) is 16.9. The second-order valence-electron chi connectivity index (χ2n) is 5.56. The Bertz CT molecular complexity index is 836. The quantitative estimate of drug-likeness (QED) is 0.538. The highest BCUT2D eigenvalue weighted by Crippen LogP contribution is 2.25. The minimum absolute atomic E-state index is 0.577. The van der Waals surface area contributed by atoms with Gasteiger partial charge >= 0.3 is 0 Å². The van der Waals surface area contributed by atoms with Gasteiger partial charge in [-0.3, -0.25) is 9.97 Å². The van der Waals surface area contributed by atoms with Crippen LogP contribution in [0.5, 0.6) is 0 Å². The molecule has 3 rings (SSSR count). The molecule has 4 nitrogen and oxygen atoms in total. The number of nitrogens with zero attached hydrogens (tertiary/aromatic N) is 3. The van der Waals surface area contributed by atoms with Crippen LogP contribution in [0.3, 0.4) is 0 Å². The predicted octanol–water partition coefficient (Wildman–Crippen LogP) is 5.29. The van der Waals surface area contributed by atoms with Crippen molar-refractivity contribution in [1.29, 1.82) is 0 Å². The molecule has 0 saturated carbocycles. The van der Waals surface area contributed by atoms with Gasteiger partial charge in [-0.05, 0) is 70.6 Å². The summed E-state index contributed by atoms with van der Waals surface area (Å²) in [5, 5.41) is 4.45. The number of benzene rings is 1. The summed E-state index contributed by atoms with van der Waals surface area (Å²) in [6, 6.07) is 17.3. The average molecular weight is 448 g/mol. The highest BCUT2D eigenvalue weighted by molar-refractivity contribution is 9.10. The van der Waals surface area contributed by atoms with Crippen molar-refractivity contribution < 1.29 is 0 Å². The van der Waals surface area contributed by atoms with E-state index >= 15 is 0 Å². The lowest BCUT2D eigenvalue weighted by molar-refractivity contribution is 0.402. The molecular formula is C19H16BrClN4S. The largest absolute Gasteiger partial charge is 0.337 e. The van der Waals surface area contributed by atoms with E-state index in [-0.39, 0.29) is 0 Å². The Kier molecular flexibility index (Phi) is 6.55. The number of aromatic nitrogens is 2. The van der Waals surface area contributed by atoms with Gasteiger partial charge < -0.3 is 10.2 Å². The minimum Gasteiger partial charge on any atom is -0.337 e. The van der Waals surface area contributed by atoms with E-state index in [4.69, 9.17) is 23.8 Å². The van der Waals surface area contributed by atoms with E-state index in [1.165, 1.54) is 0 Å². The Morgan fingerprint density at radius 2 is 1.62 bits per heavy atom. The van der Waals surface area contributed by atoms with Gasteiger partial charge in [0.25, 0.3) is 0 Å². The van der Waals surface area contributed by atoms with Gasteiger partial charge in [-0.25, -0.2) is 0 Å². The monoisotopic (exact) mass is 446 g/mol. The predicted molar refractivity (Wildman–Crippen MR) is 113 cm³/mol. The van der Waals surface area contributed by atoms with Crippen molar-refractivity contribution in [2.45, 2.75) is 13.1 Å². The lowest BCUT2D eigenvalue weighted by Crippen LogP contribution is -2.34. The normalized spacial score (nSPS) is 10.4. The summed E-state index contributed by atoms with van der Waals surface area (Å²) in [5.41, 5.74) is 2.69. The topological polar surface area (TPSA) is 41.0 Å². The third kappa shape index (κ3) is 5.24. The number of nitrogens with one attached hydrogen (secondary N) is 1. The van der Waals surface area contributed by atoms with E-state index in [0.717, 1.165) is 21.5 Å². The molecule has 0 unspecified atom stereocenters. The van der Waals surface area contributed by atoms with E-state index in [1.807, 2.05) is 59.5 Å². The summed E-state index contributed by atoms with van der Waals surface area (Å²) in [6.45, 7) is 1.15. The summed E-state index contributed by atoms with van der Waals surface area (Å²) >= 11 is 15.2. The molecule has 0 atom stereocenters. The van der Waals surface area contributed by atoms with Gasteiger partial charge in [0, 0.05) is 22.6 Å². The second-order valence-corrected chi connectivity index (χ2v) is 7.21. The molecule has 0 spiro atoms. The van der Waals surface area contributed by atoms with Gasteiger partial charge in [-0.15, -0.1) is 0 Å². The number of pyridine rings is 2. The van der Waals surface area contributed by atoms with E-state index in [1.54, 1.807) is 12.4 Å². The van der Waals surface area contributed by atoms with E-state index in [9.17, 15) is 0 Å². The van der Waals surface area contributed by atoms with Crippen molar-refractivity contribution in [3.63, 3.8) is 0 Å². The van der Waals surface area contributed by atoms with Crippen LogP contribution in [0.1, 0.15) is 11.4 Å². The molecule has 1 N–H and O–H groups in total. The molecule has 0 aliphatic carbocycles. The van der Waals surface area contributed by atoms with Gasteiger partial charge in [0.1, 0.15) is 0 Å². The Morgan fingerprint density at radius 1 is 1.00 bits per heavy atom. The van der Waals surface area contributed by atoms with E-state index < -0.39 is 0 Å². The molecule has 2 heterocycles. The maximum absolute atomic E-state index is 6.17. The van der Waals surface area contributed by atoms with Crippen LogP contribution in [0.25, 0.3) is 0 Å². The van der Waals surface area contributed by atoms with Crippen LogP contribution >= 0.6 is 39.7 Å². The molecular weight excluding hydrogens is 432 g/mol. The molecule has 26 heavy (non-hydrogen) atoms. The van der Waals surface area contributed by atoms with Crippen molar-refractivity contribution >= 4 is 50.5 Å². The Hall–Kier alpha value is -2.02. The van der Waals surface area contributed by atoms with Gasteiger partial charge in [0.2, 0.25) is 0 Å². The average Bonchev–Trinajstić information content (AvgIpc) is 2.66. The first-order chi connectivity index (χ1) is 12.6.